The molecule has 0 aliphatic rings. The van der Waals surface area contributed by atoms with Gasteiger partial charge in [0.25, 0.3) is 11.5 Å². The van der Waals surface area contributed by atoms with Crippen molar-refractivity contribution in [2.45, 2.75) is 26.6 Å². The lowest BCUT2D eigenvalue weighted by Crippen LogP contribution is -2.41. The number of carbonyl (C=O) groups is 2. The fraction of sp³-hybridized carbons (Fsp3) is 0.167. The predicted molar refractivity (Wildman–Crippen MR) is 123 cm³/mol. The molecule has 9 heteroatoms. The molecule has 33 heavy (non-hydrogen) atoms. The van der Waals surface area contributed by atoms with Gasteiger partial charge in [-0.05, 0) is 43.3 Å². The molecule has 2 aromatic carbocycles. The Bertz CT molecular complexity index is 1430. The smallest absolute Gasteiger partial charge is 0.331 e. The Kier molecular flexibility index (Phi) is 6.21. The van der Waals surface area contributed by atoms with Crippen molar-refractivity contribution in [3.05, 3.63) is 99.1 Å². The van der Waals surface area contributed by atoms with Crippen molar-refractivity contribution in [2.24, 2.45) is 0 Å². The largest absolute Gasteiger partial charge is 0.467 e. The van der Waals surface area contributed by atoms with E-state index in [1.54, 1.807) is 67.6 Å². The van der Waals surface area contributed by atoms with Crippen LogP contribution >= 0.6 is 0 Å². The van der Waals surface area contributed by atoms with Crippen LogP contribution in [-0.2, 0) is 24.4 Å². The van der Waals surface area contributed by atoms with Gasteiger partial charge in [0, 0.05) is 6.54 Å². The maximum Gasteiger partial charge on any atom is 0.331 e. The second-order valence-electron chi connectivity index (χ2n) is 7.29. The zero-order valence-corrected chi connectivity index (χ0v) is 17.9. The molecule has 0 atom stereocenters. The van der Waals surface area contributed by atoms with Crippen LogP contribution in [0.2, 0.25) is 0 Å². The highest BCUT2D eigenvalue weighted by molar-refractivity contribution is 6.03. The number of benzene rings is 2. The van der Waals surface area contributed by atoms with Crippen molar-refractivity contribution < 1.29 is 14.0 Å². The number of para-hydroxylation sites is 2. The quantitative estimate of drug-likeness (QED) is 0.452. The van der Waals surface area contributed by atoms with Gasteiger partial charge < -0.3 is 15.1 Å². The Morgan fingerprint density at radius 3 is 2.45 bits per heavy atom. The number of carbonyl (C=O) groups excluding carboxylic acids is 2. The van der Waals surface area contributed by atoms with Crippen molar-refractivity contribution in [3.63, 3.8) is 0 Å². The molecule has 0 saturated heterocycles. The van der Waals surface area contributed by atoms with Crippen LogP contribution in [0.15, 0.2) is 80.9 Å². The number of anilines is 1. The molecule has 0 fully saturated rings. The summed E-state index contributed by atoms with van der Waals surface area (Å²) in [6.07, 6.45) is 1.52. The third-order valence-electron chi connectivity index (χ3n) is 5.20. The summed E-state index contributed by atoms with van der Waals surface area (Å²) in [6.45, 7) is 1.76. The summed E-state index contributed by atoms with van der Waals surface area (Å²) >= 11 is 0. The number of hydrogen-bond acceptors (Lipinski definition) is 5. The van der Waals surface area contributed by atoms with E-state index in [1.165, 1.54) is 10.8 Å². The molecule has 4 aromatic rings. The molecule has 9 nitrogen and oxygen atoms in total. The first-order valence-corrected chi connectivity index (χ1v) is 10.4. The average Bonchev–Trinajstić information content (AvgIpc) is 3.35. The van der Waals surface area contributed by atoms with Crippen LogP contribution in [0.4, 0.5) is 5.69 Å². The highest BCUT2D eigenvalue weighted by Gasteiger charge is 2.17. The maximum atomic E-state index is 12.9. The van der Waals surface area contributed by atoms with Gasteiger partial charge in [0.05, 0.1) is 35.0 Å². The molecule has 0 saturated carbocycles. The predicted octanol–water partition coefficient (Wildman–Crippen LogP) is 2.34. The van der Waals surface area contributed by atoms with Gasteiger partial charge in [-0.1, -0.05) is 24.3 Å². The molecule has 2 amide bonds. The molecule has 0 aliphatic heterocycles. The summed E-state index contributed by atoms with van der Waals surface area (Å²) in [5, 5.41) is 5.80. The van der Waals surface area contributed by atoms with E-state index in [-0.39, 0.29) is 31.1 Å². The fourth-order valence-electron chi connectivity index (χ4n) is 3.60. The highest BCUT2D eigenvalue weighted by Crippen LogP contribution is 2.16. The monoisotopic (exact) mass is 446 g/mol. The lowest BCUT2D eigenvalue weighted by atomic mass is 10.1. The van der Waals surface area contributed by atoms with E-state index in [9.17, 15) is 19.2 Å². The van der Waals surface area contributed by atoms with Crippen LogP contribution in [0.3, 0.4) is 0 Å². The normalized spacial score (nSPS) is 10.8. The van der Waals surface area contributed by atoms with Gasteiger partial charge in [-0.2, -0.15) is 0 Å². The molecule has 168 valence electrons. The zero-order chi connectivity index (χ0) is 23.4. The molecule has 2 N–H and O–H groups in total. The number of amides is 2. The van der Waals surface area contributed by atoms with Crippen molar-refractivity contribution in [3.8, 4) is 0 Å². The zero-order valence-electron chi connectivity index (χ0n) is 17.9. The van der Waals surface area contributed by atoms with Gasteiger partial charge in [0.2, 0.25) is 5.91 Å². The first-order valence-electron chi connectivity index (χ1n) is 10.4. The van der Waals surface area contributed by atoms with Gasteiger partial charge in [-0.3, -0.25) is 23.5 Å². The Labute approximate surface area is 188 Å². The van der Waals surface area contributed by atoms with E-state index in [1.807, 2.05) is 0 Å². The van der Waals surface area contributed by atoms with Crippen molar-refractivity contribution >= 4 is 28.4 Å². The highest BCUT2D eigenvalue weighted by atomic mass is 16.3. The topological polar surface area (TPSA) is 115 Å². The summed E-state index contributed by atoms with van der Waals surface area (Å²) in [5.41, 5.74) is -0.0141. The molecule has 2 heterocycles. The minimum atomic E-state index is -0.569. The first-order chi connectivity index (χ1) is 16.0. The number of rotatable bonds is 7. The molecule has 0 unspecified atom stereocenters. The molecule has 2 aromatic heterocycles. The van der Waals surface area contributed by atoms with E-state index < -0.39 is 17.2 Å². The van der Waals surface area contributed by atoms with Crippen LogP contribution in [-0.4, -0.2) is 20.9 Å². The van der Waals surface area contributed by atoms with Gasteiger partial charge in [-0.15, -0.1) is 0 Å². The Balaban J connectivity index is 1.58. The maximum absolute atomic E-state index is 12.9. The van der Waals surface area contributed by atoms with Crippen LogP contribution in [0.1, 0.15) is 23.0 Å². The number of nitrogens with zero attached hydrogens (tertiary/aromatic N) is 2. The third kappa shape index (κ3) is 4.47. The van der Waals surface area contributed by atoms with Gasteiger partial charge in [0.1, 0.15) is 12.3 Å². The first kappa shape index (κ1) is 21.8. The molecule has 0 radical (unpaired) electrons. The Hall–Kier alpha value is -4.40. The minimum Gasteiger partial charge on any atom is -0.467 e. The van der Waals surface area contributed by atoms with Crippen molar-refractivity contribution in [1.29, 1.82) is 0 Å². The third-order valence-corrected chi connectivity index (χ3v) is 5.20. The molecular weight excluding hydrogens is 424 g/mol. The van der Waals surface area contributed by atoms with Crippen LogP contribution < -0.4 is 21.9 Å². The van der Waals surface area contributed by atoms with E-state index in [2.05, 4.69) is 10.6 Å². The van der Waals surface area contributed by atoms with Gasteiger partial charge >= 0.3 is 5.69 Å². The van der Waals surface area contributed by atoms with Crippen LogP contribution in [0.5, 0.6) is 0 Å². The number of hydrogen-bond donors (Lipinski definition) is 2. The van der Waals surface area contributed by atoms with E-state index >= 15 is 0 Å². The summed E-state index contributed by atoms with van der Waals surface area (Å²) in [5.74, 6) is -0.290. The lowest BCUT2D eigenvalue weighted by molar-refractivity contribution is -0.116. The molecule has 0 aliphatic carbocycles. The summed E-state index contributed by atoms with van der Waals surface area (Å²) in [7, 11) is 0. The molecule has 4 rings (SSSR count). The molecular formula is C24H22N4O5. The number of furan rings is 1. The van der Waals surface area contributed by atoms with Gasteiger partial charge in [-0.25, -0.2) is 4.79 Å². The standard InChI is InChI=1S/C24H22N4O5/c1-2-27-23(31)18-10-4-6-12-20(18)28(24(27)32)15-21(29)26-19-11-5-3-9-17(19)22(30)25-14-16-8-7-13-33-16/h3-13H,2,14-15H2,1H3,(H,25,30)(H,26,29). The number of nitrogens with one attached hydrogen (secondary N) is 2. The summed E-state index contributed by atoms with van der Waals surface area (Å²) < 4.78 is 7.56. The fourth-order valence-corrected chi connectivity index (χ4v) is 3.60. The molecule has 0 spiro atoms. The summed E-state index contributed by atoms with van der Waals surface area (Å²) in [6, 6.07) is 16.7. The summed E-state index contributed by atoms with van der Waals surface area (Å²) in [4.78, 5) is 51.0. The lowest BCUT2D eigenvalue weighted by Gasteiger charge is -2.14. The number of fused-ring (bicyclic) bond motifs is 1. The Morgan fingerprint density at radius 1 is 0.939 bits per heavy atom. The van der Waals surface area contributed by atoms with Crippen LogP contribution in [0.25, 0.3) is 10.9 Å². The van der Waals surface area contributed by atoms with E-state index in [0.717, 1.165) is 4.57 Å². The van der Waals surface area contributed by atoms with E-state index in [4.69, 9.17) is 4.42 Å². The van der Waals surface area contributed by atoms with Crippen molar-refractivity contribution in [1.82, 2.24) is 14.5 Å². The number of aromatic nitrogens is 2. The minimum absolute atomic E-state index is 0.183. The average molecular weight is 446 g/mol. The Morgan fingerprint density at radius 2 is 1.70 bits per heavy atom. The van der Waals surface area contributed by atoms with Crippen LogP contribution in [0, 0.1) is 0 Å². The van der Waals surface area contributed by atoms with E-state index in [0.29, 0.717) is 22.4 Å². The van der Waals surface area contributed by atoms with Crippen molar-refractivity contribution in [2.75, 3.05) is 5.32 Å². The van der Waals surface area contributed by atoms with Gasteiger partial charge in [0.15, 0.2) is 0 Å². The second kappa shape index (κ2) is 9.39. The molecule has 0 bridgehead atoms. The second-order valence-corrected chi connectivity index (χ2v) is 7.29. The SMILES string of the molecule is CCn1c(=O)c2ccccc2n(CC(=O)Nc2ccccc2C(=O)NCc2ccco2)c1=O.